The predicted molar refractivity (Wildman–Crippen MR) is 147 cm³/mol. The van der Waals surface area contributed by atoms with Crippen molar-refractivity contribution in [2.75, 3.05) is 25.0 Å². The molecule has 0 spiro atoms. The Kier molecular flexibility index (Phi) is 11.3. The summed E-state index contributed by atoms with van der Waals surface area (Å²) in [6.45, 7) is 3.95. The summed E-state index contributed by atoms with van der Waals surface area (Å²) in [4.78, 5) is 48.6. The summed E-state index contributed by atoms with van der Waals surface area (Å²) in [7, 11) is 0. The van der Waals surface area contributed by atoms with E-state index in [2.05, 4.69) is 10.6 Å². The zero-order valence-corrected chi connectivity index (χ0v) is 23.0. The molecule has 3 N–H and O–H groups in total. The van der Waals surface area contributed by atoms with Crippen molar-refractivity contribution in [2.45, 2.75) is 58.0 Å². The van der Waals surface area contributed by atoms with Gasteiger partial charge in [0.15, 0.2) is 0 Å². The number of nitrogens with one attached hydrogen (secondary N) is 2. The smallest absolute Gasteiger partial charge is 0.475 e. The molecule has 2 fully saturated rings. The van der Waals surface area contributed by atoms with E-state index in [9.17, 15) is 27.6 Å². The summed E-state index contributed by atoms with van der Waals surface area (Å²) in [6, 6.07) is 14.4. The van der Waals surface area contributed by atoms with Crippen molar-refractivity contribution in [1.82, 2.24) is 10.2 Å². The third-order valence-electron chi connectivity index (χ3n) is 7.39. The Labute approximate surface area is 237 Å². The molecule has 1 aliphatic carbocycles. The van der Waals surface area contributed by atoms with Crippen LogP contribution in [0.15, 0.2) is 48.5 Å². The van der Waals surface area contributed by atoms with Crippen molar-refractivity contribution >= 4 is 29.4 Å². The highest BCUT2D eigenvalue weighted by molar-refractivity contribution is 6.04. The summed E-state index contributed by atoms with van der Waals surface area (Å²) in [5.74, 6) is -2.20. The molecule has 222 valence electrons. The molecular weight excluding hydrogens is 539 g/mol. The summed E-state index contributed by atoms with van der Waals surface area (Å²) in [6.07, 6.45) is 2.65. The fraction of sp³-hybridized carbons (Fsp3) is 0.467. The van der Waals surface area contributed by atoms with Crippen LogP contribution in [0.1, 0.15) is 71.2 Å². The van der Waals surface area contributed by atoms with Gasteiger partial charge in [0, 0.05) is 42.4 Å². The lowest BCUT2D eigenvalue weighted by Gasteiger charge is -2.32. The fourth-order valence-corrected chi connectivity index (χ4v) is 4.91. The minimum atomic E-state index is -5.08. The maximum Gasteiger partial charge on any atom is 0.490 e. The number of hydrogen-bond donors (Lipinski definition) is 3. The molecule has 1 heterocycles. The van der Waals surface area contributed by atoms with Gasteiger partial charge in [-0.05, 0) is 74.9 Å². The Hall–Kier alpha value is -3.89. The second kappa shape index (κ2) is 14.7. The highest BCUT2D eigenvalue weighted by atomic mass is 19.4. The summed E-state index contributed by atoms with van der Waals surface area (Å²) in [5, 5.41) is 13.2. The first-order valence-corrected chi connectivity index (χ1v) is 13.8. The average molecular weight is 576 g/mol. The van der Waals surface area contributed by atoms with Gasteiger partial charge < -0.3 is 20.6 Å². The molecule has 1 saturated carbocycles. The normalized spacial score (nSPS) is 16.2. The van der Waals surface area contributed by atoms with Crippen molar-refractivity contribution in [1.29, 1.82) is 0 Å². The van der Waals surface area contributed by atoms with E-state index in [1.807, 2.05) is 24.0 Å². The van der Waals surface area contributed by atoms with Gasteiger partial charge in [0.05, 0.1) is 0 Å². The van der Waals surface area contributed by atoms with E-state index in [1.54, 1.807) is 36.4 Å². The Morgan fingerprint density at radius 1 is 0.854 bits per heavy atom. The van der Waals surface area contributed by atoms with Crippen LogP contribution in [0, 0.1) is 18.8 Å². The Balaban J connectivity index is 0.000000587. The van der Waals surface area contributed by atoms with Crippen LogP contribution >= 0.6 is 0 Å². The standard InChI is InChI=1S/C28H35N3O3.C2HF3O2/c1-20-7-9-22(10-8-20)27(33)30-25-13-11-24(12-14-25)28(34)31-17-15-23(16-18-31)26(32)29-19-21-5-3-2-4-6-21;3-2(4,5)1(6)7/h7-14,21,23H,2-6,15-19H2,1H3,(H,29,32)(H,30,33);(H,6,7). The van der Waals surface area contributed by atoms with Crippen LogP contribution in [0.5, 0.6) is 0 Å². The van der Waals surface area contributed by atoms with E-state index >= 15 is 0 Å². The highest BCUT2D eigenvalue weighted by Crippen LogP contribution is 2.24. The number of hydrogen-bond acceptors (Lipinski definition) is 4. The molecule has 0 atom stereocenters. The monoisotopic (exact) mass is 575 g/mol. The van der Waals surface area contributed by atoms with Crippen LogP contribution in [-0.2, 0) is 9.59 Å². The van der Waals surface area contributed by atoms with Gasteiger partial charge in [0.1, 0.15) is 0 Å². The number of nitrogens with zero attached hydrogens (tertiary/aromatic N) is 1. The number of piperidine rings is 1. The lowest BCUT2D eigenvalue weighted by Crippen LogP contribution is -2.43. The molecule has 1 saturated heterocycles. The molecule has 0 aromatic heterocycles. The van der Waals surface area contributed by atoms with Crippen molar-refractivity contribution in [3.63, 3.8) is 0 Å². The zero-order valence-electron chi connectivity index (χ0n) is 23.0. The van der Waals surface area contributed by atoms with Gasteiger partial charge in [-0.1, -0.05) is 37.0 Å². The fourth-order valence-electron chi connectivity index (χ4n) is 4.91. The third kappa shape index (κ3) is 9.91. The second-order valence-corrected chi connectivity index (χ2v) is 10.5. The number of aliphatic carboxylic acids is 1. The van der Waals surface area contributed by atoms with Gasteiger partial charge in [-0.3, -0.25) is 14.4 Å². The van der Waals surface area contributed by atoms with Gasteiger partial charge in [-0.15, -0.1) is 0 Å². The van der Waals surface area contributed by atoms with E-state index in [0.717, 1.165) is 12.1 Å². The summed E-state index contributed by atoms with van der Waals surface area (Å²) in [5.41, 5.74) is 2.93. The second-order valence-electron chi connectivity index (χ2n) is 10.5. The summed E-state index contributed by atoms with van der Waals surface area (Å²) >= 11 is 0. The van der Waals surface area contributed by atoms with Gasteiger partial charge in [0.25, 0.3) is 11.8 Å². The molecule has 0 unspecified atom stereocenters. The van der Waals surface area contributed by atoms with Gasteiger partial charge in [0.2, 0.25) is 5.91 Å². The van der Waals surface area contributed by atoms with Crippen LogP contribution in [-0.4, -0.2) is 59.5 Å². The highest BCUT2D eigenvalue weighted by Gasteiger charge is 2.38. The number of amides is 3. The quantitative estimate of drug-likeness (QED) is 0.425. The van der Waals surface area contributed by atoms with Crippen molar-refractivity contribution in [3.8, 4) is 0 Å². The third-order valence-corrected chi connectivity index (χ3v) is 7.39. The van der Waals surface area contributed by atoms with Crippen LogP contribution in [0.2, 0.25) is 0 Å². The number of benzene rings is 2. The van der Waals surface area contributed by atoms with E-state index in [0.29, 0.717) is 48.7 Å². The number of carbonyl (C=O) groups is 4. The molecule has 11 heteroatoms. The van der Waals surface area contributed by atoms with Gasteiger partial charge in [-0.2, -0.15) is 13.2 Å². The van der Waals surface area contributed by atoms with Gasteiger partial charge in [-0.25, -0.2) is 4.79 Å². The molecule has 4 rings (SSSR count). The molecule has 0 bridgehead atoms. The Morgan fingerprint density at radius 2 is 1.39 bits per heavy atom. The molecule has 2 aromatic carbocycles. The minimum absolute atomic E-state index is 0.00740. The van der Waals surface area contributed by atoms with Crippen LogP contribution in [0.25, 0.3) is 0 Å². The van der Waals surface area contributed by atoms with E-state index in [-0.39, 0.29) is 23.6 Å². The number of alkyl halides is 3. The molecule has 2 aliphatic rings. The number of anilines is 1. The molecular formula is C30H36F3N3O5. The predicted octanol–water partition coefficient (Wildman–Crippen LogP) is 5.43. The number of carboxylic acids is 1. The van der Waals surface area contributed by atoms with Crippen molar-refractivity contribution in [2.24, 2.45) is 11.8 Å². The minimum Gasteiger partial charge on any atom is -0.475 e. The van der Waals surface area contributed by atoms with Crippen molar-refractivity contribution in [3.05, 3.63) is 65.2 Å². The molecule has 2 aromatic rings. The Bertz CT molecular complexity index is 1190. The zero-order chi connectivity index (χ0) is 30.0. The van der Waals surface area contributed by atoms with E-state index < -0.39 is 12.1 Å². The molecule has 3 amide bonds. The molecule has 1 aliphatic heterocycles. The van der Waals surface area contributed by atoms with E-state index in [4.69, 9.17) is 9.90 Å². The number of halogens is 3. The maximum absolute atomic E-state index is 12.9. The van der Waals surface area contributed by atoms with E-state index in [1.165, 1.54) is 32.1 Å². The number of aryl methyl sites for hydroxylation is 1. The number of rotatable bonds is 6. The number of likely N-dealkylation sites (tertiary alicyclic amines) is 1. The number of carboxylic acid groups (broad SMARTS) is 1. The van der Waals surface area contributed by atoms with Crippen LogP contribution in [0.4, 0.5) is 18.9 Å². The number of carbonyl (C=O) groups excluding carboxylic acids is 3. The average Bonchev–Trinajstić information content (AvgIpc) is 2.96. The Morgan fingerprint density at radius 3 is 1.93 bits per heavy atom. The first kappa shape index (κ1) is 31.6. The summed E-state index contributed by atoms with van der Waals surface area (Å²) < 4.78 is 31.7. The lowest BCUT2D eigenvalue weighted by atomic mass is 9.89. The van der Waals surface area contributed by atoms with Gasteiger partial charge >= 0.3 is 12.1 Å². The lowest BCUT2D eigenvalue weighted by molar-refractivity contribution is -0.192. The first-order chi connectivity index (χ1) is 19.4. The maximum atomic E-state index is 12.9. The van der Waals surface area contributed by atoms with Crippen LogP contribution in [0.3, 0.4) is 0 Å². The molecule has 8 nitrogen and oxygen atoms in total. The van der Waals surface area contributed by atoms with Crippen molar-refractivity contribution < 1.29 is 37.5 Å². The topological polar surface area (TPSA) is 116 Å². The van der Waals surface area contributed by atoms with Crippen LogP contribution < -0.4 is 10.6 Å². The molecule has 41 heavy (non-hydrogen) atoms. The SMILES string of the molecule is Cc1ccc(C(=O)Nc2ccc(C(=O)N3CCC(C(=O)NCC4CCCCC4)CC3)cc2)cc1.O=C(O)C(F)(F)F. The first-order valence-electron chi connectivity index (χ1n) is 13.8. The molecule has 0 radical (unpaired) electrons. The largest absolute Gasteiger partial charge is 0.490 e.